The van der Waals surface area contributed by atoms with Gasteiger partial charge in [-0.05, 0) is 54.4 Å². The fourth-order valence-electron chi connectivity index (χ4n) is 2.70. The second-order valence-corrected chi connectivity index (χ2v) is 6.24. The number of ether oxygens (including phenoxy) is 1. The van der Waals surface area contributed by atoms with Crippen LogP contribution in [0.2, 0.25) is 5.02 Å². The van der Waals surface area contributed by atoms with E-state index in [9.17, 15) is 0 Å². The molecule has 122 valence electrons. The first-order chi connectivity index (χ1) is 11.7. The van der Waals surface area contributed by atoms with Crippen molar-refractivity contribution in [3.05, 3.63) is 64.5 Å². The summed E-state index contributed by atoms with van der Waals surface area (Å²) in [7, 11) is 0. The van der Waals surface area contributed by atoms with Crippen molar-refractivity contribution in [3.8, 4) is 11.4 Å². The first-order valence-electron chi connectivity index (χ1n) is 7.75. The van der Waals surface area contributed by atoms with Gasteiger partial charge in [-0.15, -0.1) is 0 Å². The van der Waals surface area contributed by atoms with Crippen LogP contribution in [-0.4, -0.2) is 10.1 Å². The van der Waals surface area contributed by atoms with Crippen LogP contribution in [-0.2, 0) is 18.0 Å². The summed E-state index contributed by atoms with van der Waals surface area (Å²) in [5, 5.41) is 8.12. The summed E-state index contributed by atoms with van der Waals surface area (Å²) < 4.78 is 10.8. The van der Waals surface area contributed by atoms with E-state index in [2.05, 4.69) is 27.6 Å². The number of benzene rings is 2. The highest BCUT2D eigenvalue weighted by molar-refractivity contribution is 6.30. The van der Waals surface area contributed by atoms with E-state index in [0.29, 0.717) is 30.0 Å². The minimum atomic E-state index is -0.0982. The third-order valence-electron chi connectivity index (χ3n) is 4.02. The largest absolute Gasteiger partial charge is 0.374 e. The van der Waals surface area contributed by atoms with Gasteiger partial charge in [0.15, 0.2) is 0 Å². The van der Waals surface area contributed by atoms with Crippen molar-refractivity contribution in [1.29, 1.82) is 0 Å². The molecule has 0 fully saturated rings. The Labute approximate surface area is 144 Å². The summed E-state index contributed by atoms with van der Waals surface area (Å²) in [5.74, 6) is 1.09. The number of hydrogen-bond acceptors (Lipinski definition) is 5. The maximum atomic E-state index is 5.90. The third-order valence-corrected chi connectivity index (χ3v) is 4.27. The minimum absolute atomic E-state index is 0.0982. The molecular weight excluding hydrogens is 326 g/mol. The summed E-state index contributed by atoms with van der Waals surface area (Å²) in [6.45, 7) is 3.35. The van der Waals surface area contributed by atoms with Crippen LogP contribution < -0.4 is 5.32 Å². The van der Waals surface area contributed by atoms with Gasteiger partial charge >= 0.3 is 0 Å². The monoisotopic (exact) mass is 341 g/mol. The second kappa shape index (κ2) is 6.26. The zero-order chi connectivity index (χ0) is 16.5. The van der Waals surface area contributed by atoms with Crippen molar-refractivity contribution in [2.45, 2.75) is 26.2 Å². The Morgan fingerprint density at radius 2 is 1.88 bits per heavy atom. The molecule has 0 radical (unpaired) electrons. The van der Waals surface area contributed by atoms with Crippen LogP contribution in [0.3, 0.4) is 0 Å². The molecule has 24 heavy (non-hydrogen) atoms. The molecule has 1 atom stereocenters. The highest BCUT2D eigenvalue weighted by Crippen LogP contribution is 2.26. The molecule has 0 bridgehead atoms. The molecular formula is C18H16ClN3O2. The van der Waals surface area contributed by atoms with Crippen LogP contribution in [0.4, 0.5) is 5.69 Å². The number of fused-ring (bicyclic) bond motifs is 1. The zero-order valence-electron chi connectivity index (χ0n) is 13.1. The molecule has 6 heteroatoms. The van der Waals surface area contributed by atoms with E-state index in [0.717, 1.165) is 11.3 Å². The Morgan fingerprint density at radius 1 is 1.08 bits per heavy atom. The van der Waals surface area contributed by atoms with E-state index >= 15 is 0 Å². The number of aromatic nitrogens is 2. The molecule has 3 aromatic rings. The van der Waals surface area contributed by atoms with Crippen molar-refractivity contribution in [2.24, 2.45) is 0 Å². The van der Waals surface area contributed by atoms with Crippen molar-refractivity contribution in [3.63, 3.8) is 0 Å². The fraction of sp³-hybridized carbons (Fsp3) is 0.222. The number of halogens is 1. The Bertz CT molecular complexity index is 861. The van der Waals surface area contributed by atoms with Gasteiger partial charge in [-0.25, -0.2) is 0 Å². The van der Waals surface area contributed by atoms with Gasteiger partial charge in [-0.1, -0.05) is 22.8 Å². The maximum Gasteiger partial charge on any atom is 0.249 e. The molecule has 1 N–H and O–H groups in total. The Morgan fingerprint density at radius 3 is 2.71 bits per heavy atom. The summed E-state index contributed by atoms with van der Waals surface area (Å²) in [6.07, 6.45) is 0. The van der Waals surface area contributed by atoms with Gasteiger partial charge < -0.3 is 14.6 Å². The van der Waals surface area contributed by atoms with Gasteiger partial charge in [0, 0.05) is 16.3 Å². The van der Waals surface area contributed by atoms with E-state index in [1.807, 2.05) is 25.1 Å². The Balaban J connectivity index is 1.50. The number of nitrogens with one attached hydrogen (secondary N) is 1. The van der Waals surface area contributed by atoms with Crippen LogP contribution in [0.5, 0.6) is 0 Å². The van der Waals surface area contributed by atoms with Crippen LogP contribution in [0.15, 0.2) is 47.0 Å². The molecule has 0 amide bonds. The molecule has 4 rings (SSSR count). The maximum absolute atomic E-state index is 5.90. The third kappa shape index (κ3) is 3.00. The molecule has 2 aromatic carbocycles. The smallest absolute Gasteiger partial charge is 0.249 e. The molecule has 0 saturated carbocycles. The predicted molar refractivity (Wildman–Crippen MR) is 91.7 cm³/mol. The van der Waals surface area contributed by atoms with Crippen molar-refractivity contribution >= 4 is 17.3 Å². The lowest BCUT2D eigenvalue weighted by atomic mass is 10.1. The lowest BCUT2D eigenvalue weighted by molar-refractivity contribution is 0.134. The minimum Gasteiger partial charge on any atom is -0.374 e. The summed E-state index contributed by atoms with van der Waals surface area (Å²) in [6, 6.07) is 13.5. The van der Waals surface area contributed by atoms with Crippen LogP contribution in [0.1, 0.15) is 30.0 Å². The van der Waals surface area contributed by atoms with Crippen molar-refractivity contribution < 1.29 is 9.26 Å². The van der Waals surface area contributed by atoms with E-state index < -0.39 is 0 Å². The van der Waals surface area contributed by atoms with Crippen LogP contribution >= 0.6 is 11.6 Å². The standard InChI is InChI=1S/C18H16ClN3O2/c1-11(20-16-7-4-13-9-23-10-14(13)8-16)18-21-17(22-24-18)12-2-5-15(19)6-3-12/h2-8,11,20H,9-10H2,1H3/t11-/m1/s1. The normalized spacial score (nSPS) is 14.4. The SMILES string of the molecule is C[C@@H](Nc1ccc2c(c1)COC2)c1nc(-c2ccc(Cl)cc2)no1. The molecule has 0 unspecified atom stereocenters. The van der Waals surface area contributed by atoms with Crippen molar-refractivity contribution in [1.82, 2.24) is 10.1 Å². The van der Waals surface area contributed by atoms with Gasteiger partial charge in [0.05, 0.1) is 13.2 Å². The number of rotatable bonds is 4. The molecule has 0 aliphatic carbocycles. The van der Waals surface area contributed by atoms with Crippen molar-refractivity contribution in [2.75, 3.05) is 5.32 Å². The average molecular weight is 342 g/mol. The van der Waals surface area contributed by atoms with Gasteiger partial charge in [0.25, 0.3) is 0 Å². The van der Waals surface area contributed by atoms with Gasteiger partial charge in [0.1, 0.15) is 6.04 Å². The lowest BCUT2D eigenvalue weighted by Crippen LogP contribution is -2.07. The van der Waals surface area contributed by atoms with Gasteiger partial charge in [-0.2, -0.15) is 4.98 Å². The molecule has 2 heterocycles. The van der Waals surface area contributed by atoms with E-state index in [1.165, 1.54) is 11.1 Å². The number of nitrogens with zero attached hydrogens (tertiary/aromatic N) is 2. The number of anilines is 1. The summed E-state index contributed by atoms with van der Waals surface area (Å²) in [4.78, 5) is 4.47. The van der Waals surface area contributed by atoms with Crippen LogP contribution in [0, 0.1) is 0 Å². The average Bonchev–Trinajstić information content (AvgIpc) is 3.24. The second-order valence-electron chi connectivity index (χ2n) is 5.81. The van der Waals surface area contributed by atoms with E-state index in [-0.39, 0.29) is 6.04 Å². The fourth-order valence-corrected chi connectivity index (χ4v) is 2.83. The van der Waals surface area contributed by atoms with E-state index in [1.54, 1.807) is 12.1 Å². The molecule has 0 saturated heterocycles. The Hall–Kier alpha value is -2.37. The summed E-state index contributed by atoms with van der Waals surface area (Å²) in [5.41, 5.74) is 4.35. The highest BCUT2D eigenvalue weighted by Gasteiger charge is 2.17. The molecule has 0 spiro atoms. The predicted octanol–water partition coefficient (Wildman–Crippen LogP) is 4.59. The first kappa shape index (κ1) is 15.2. The topological polar surface area (TPSA) is 60.2 Å². The molecule has 5 nitrogen and oxygen atoms in total. The Kier molecular flexibility index (Phi) is 3.96. The lowest BCUT2D eigenvalue weighted by Gasteiger charge is -2.12. The quantitative estimate of drug-likeness (QED) is 0.751. The zero-order valence-corrected chi connectivity index (χ0v) is 13.9. The first-order valence-corrected chi connectivity index (χ1v) is 8.12. The highest BCUT2D eigenvalue weighted by atomic mass is 35.5. The van der Waals surface area contributed by atoms with E-state index in [4.69, 9.17) is 20.9 Å². The number of hydrogen-bond donors (Lipinski definition) is 1. The molecule has 1 aromatic heterocycles. The summed E-state index contributed by atoms with van der Waals surface area (Å²) >= 11 is 5.90. The van der Waals surface area contributed by atoms with Gasteiger partial charge in [0.2, 0.25) is 11.7 Å². The molecule has 1 aliphatic heterocycles. The molecule has 1 aliphatic rings. The van der Waals surface area contributed by atoms with Crippen LogP contribution in [0.25, 0.3) is 11.4 Å². The van der Waals surface area contributed by atoms with Gasteiger partial charge in [-0.3, -0.25) is 0 Å².